The van der Waals surface area contributed by atoms with Crippen LogP contribution in [0.25, 0.3) is 0 Å². The Labute approximate surface area is 103 Å². The van der Waals surface area contributed by atoms with Gasteiger partial charge in [-0.3, -0.25) is 0 Å². The SMILES string of the molecule is CCCC(OCC)c1noc(NC(C)(C)C)n1. The van der Waals surface area contributed by atoms with E-state index >= 15 is 0 Å². The molecule has 0 spiro atoms. The maximum atomic E-state index is 5.60. The number of hydrogen-bond acceptors (Lipinski definition) is 5. The molecule has 98 valence electrons. The summed E-state index contributed by atoms with van der Waals surface area (Å²) in [5.74, 6) is 0.625. The van der Waals surface area contributed by atoms with E-state index in [1.54, 1.807) is 0 Å². The Hall–Kier alpha value is -1.10. The first-order valence-electron chi connectivity index (χ1n) is 6.19. The van der Waals surface area contributed by atoms with Gasteiger partial charge in [0.2, 0.25) is 5.82 Å². The van der Waals surface area contributed by atoms with E-state index in [-0.39, 0.29) is 11.6 Å². The monoisotopic (exact) mass is 241 g/mol. The molecule has 0 bridgehead atoms. The van der Waals surface area contributed by atoms with Crippen molar-refractivity contribution < 1.29 is 9.26 Å². The van der Waals surface area contributed by atoms with Crippen LogP contribution in [0, 0.1) is 0 Å². The third kappa shape index (κ3) is 4.73. The van der Waals surface area contributed by atoms with Gasteiger partial charge >= 0.3 is 6.01 Å². The lowest BCUT2D eigenvalue weighted by Gasteiger charge is -2.17. The lowest BCUT2D eigenvalue weighted by atomic mass is 10.1. The molecule has 5 nitrogen and oxygen atoms in total. The van der Waals surface area contributed by atoms with E-state index in [4.69, 9.17) is 9.26 Å². The van der Waals surface area contributed by atoms with Crippen LogP contribution in [0.1, 0.15) is 59.4 Å². The Morgan fingerprint density at radius 1 is 1.35 bits per heavy atom. The zero-order valence-corrected chi connectivity index (χ0v) is 11.4. The minimum atomic E-state index is -0.0876. The summed E-state index contributed by atoms with van der Waals surface area (Å²) in [6.07, 6.45) is 1.87. The second-order valence-electron chi connectivity index (χ2n) is 5.07. The van der Waals surface area contributed by atoms with Crippen LogP contribution in [-0.4, -0.2) is 22.3 Å². The standard InChI is InChI=1S/C12H23N3O2/c1-6-8-9(16-7-2)10-13-11(17-15-10)14-12(3,4)5/h9H,6-8H2,1-5H3,(H,13,14,15). The summed E-state index contributed by atoms with van der Waals surface area (Å²) in [4.78, 5) is 4.32. The van der Waals surface area contributed by atoms with Crippen molar-refractivity contribution in [3.63, 3.8) is 0 Å². The molecule has 0 amide bonds. The van der Waals surface area contributed by atoms with Crippen molar-refractivity contribution in [1.29, 1.82) is 0 Å². The molecule has 5 heteroatoms. The first-order chi connectivity index (χ1) is 7.96. The van der Waals surface area contributed by atoms with Crippen molar-refractivity contribution in [2.24, 2.45) is 0 Å². The molecule has 1 aromatic rings. The summed E-state index contributed by atoms with van der Waals surface area (Å²) in [5.41, 5.74) is -0.0876. The molecule has 0 saturated carbocycles. The van der Waals surface area contributed by atoms with E-state index in [0.29, 0.717) is 18.4 Å². The quantitative estimate of drug-likeness (QED) is 0.829. The highest BCUT2D eigenvalue weighted by Gasteiger charge is 2.20. The Morgan fingerprint density at radius 3 is 2.59 bits per heavy atom. The van der Waals surface area contributed by atoms with E-state index in [1.807, 2.05) is 27.7 Å². The molecule has 0 radical (unpaired) electrons. The molecule has 0 aliphatic heterocycles. The van der Waals surface area contributed by atoms with Crippen molar-refractivity contribution in [3.05, 3.63) is 5.82 Å². The minimum Gasteiger partial charge on any atom is -0.370 e. The molecule has 1 atom stereocenters. The van der Waals surface area contributed by atoms with Crippen molar-refractivity contribution >= 4 is 6.01 Å². The molecule has 1 heterocycles. The normalized spacial score (nSPS) is 13.7. The maximum Gasteiger partial charge on any atom is 0.321 e. The molecular formula is C12H23N3O2. The summed E-state index contributed by atoms with van der Waals surface area (Å²) in [5, 5.41) is 7.11. The van der Waals surface area contributed by atoms with Crippen LogP contribution in [0.15, 0.2) is 4.52 Å². The number of aromatic nitrogens is 2. The van der Waals surface area contributed by atoms with Crippen molar-refractivity contribution in [1.82, 2.24) is 10.1 Å². The predicted octanol–water partition coefficient (Wildman–Crippen LogP) is 3.16. The number of rotatable bonds is 6. The van der Waals surface area contributed by atoms with Crippen LogP contribution in [-0.2, 0) is 4.74 Å². The average molecular weight is 241 g/mol. The van der Waals surface area contributed by atoms with Gasteiger partial charge in [0.05, 0.1) is 0 Å². The van der Waals surface area contributed by atoms with Crippen LogP contribution >= 0.6 is 0 Å². The van der Waals surface area contributed by atoms with Crippen LogP contribution < -0.4 is 5.32 Å². The highest BCUT2D eigenvalue weighted by Crippen LogP contribution is 2.22. The fourth-order valence-electron chi connectivity index (χ4n) is 1.49. The van der Waals surface area contributed by atoms with E-state index in [2.05, 4.69) is 22.4 Å². The molecule has 0 aliphatic rings. The number of nitrogens with zero attached hydrogens (tertiary/aromatic N) is 2. The van der Waals surface area contributed by atoms with E-state index in [1.165, 1.54) is 0 Å². The van der Waals surface area contributed by atoms with Crippen LogP contribution in [0.5, 0.6) is 0 Å². The molecular weight excluding hydrogens is 218 g/mol. The van der Waals surface area contributed by atoms with Crippen molar-refractivity contribution in [2.45, 2.75) is 59.1 Å². The second kappa shape index (κ2) is 6.00. The molecule has 0 aliphatic carbocycles. The average Bonchev–Trinajstić information content (AvgIpc) is 2.63. The van der Waals surface area contributed by atoms with Gasteiger partial charge < -0.3 is 14.6 Å². The van der Waals surface area contributed by atoms with Gasteiger partial charge in [-0.1, -0.05) is 18.5 Å². The van der Waals surface area contributed by atoms with Crippen LogP contribution in [0.2, 0.25) is 0 Å². The first-order valence-corrected chi connectivity index (χ1v) is 6.19. The molecule has 17 heavy (non-hydrogen) atoms. The van der Waals surface area contributed by atoms with Crippen molar-refractivity contribution in [3.8, 4) is 0 Å². The minimum absolute atomic E-state index is 0.0655. The maximum absolute atomic E-state index is 5.60. The molecule has 0 saturated heterocycles. The Kier molecular flexibility index (Phi) is 4.93. The summed E-state index contributed by atoms with van der Waals surface area (Å²) in [6.45, 7) is 10.9. The summed E-state index contributed by atoms with van der Waals surface area (Å²) >= 11 is 0. The van der Waals surface area contributed by atoms with Gasteiger partial charge in [0.1, 0.15) is 6.10 Å². The van der Waals surface area contributed by atoms with Gasteiger partial charge in [0.15, 0.2) is 0 Å². The number of hydrogen-bond donors (Lipinski definition) is 1. The molecule has 0 fully saturated rings. The van der Waals surface area contributed by atoms with Crippen LogP contribution in [0.3, 0.4) is 0 Å². The van der Waals surface area contributed by atoms with E-state index < -0.39 is 0 Å². The van der Waals surface area contributed by atoms with Gasteiger partial charge in [-0.05, 0) is 34.1 Å². The number of anilines is 1. The Balaban J connectivity index is 2.70. The number of nitrogens with one attached hydrogen (secondary N) is 1. The van der Waals surface area contributed by atoms with E-state index in [9.17, 15) is 0 Å². The predicted molar refractivity (Wildman–Crippen MR) is 66.9 cm³/mol. The highest BCUT2D eigenvalue weighted by atomic mass is 16.5. The lowest BCUT2D eigenvalue weighted by Crippen LogP contribution is -2.26. The van der Waals surface area contributed by atoms with Gasteiger partial charge in [-0.15, -0.1) is 0 Å². The summed E-state index contributed by atoms with van der Waals surface area (Å²) in [6, 6.07) is 0.452. The second-order valence-corrected chi connectivity index (χ2v) is 5.07. The van der Waals surface area contributed by atoms with Gasteiger partial charge in [-0.25, -0.2) is 0 Å². The Morgan fingerprint density at radius 2 is 2.06 bits per heavy atom. The molecule has 1 N–H and O–H groups in total. The van der Waals surface area contributed by atoms with Crippen molar-refractivity contribution in [2.75, 3.05) is 11.9 Å². The number of ether oxygens (including phenoxy) is 1. The smallest absolute Gasteiger partial charge is 0.321 e. The fourth-order valence-corrected chi connectivity index (χ4v) is 1.49. The fraction of sp³-hybridized carbons (Fsp3) is 0.833. The molecule has 1 aromatic heterocycles. The highest BCUT2D eigenvalue weighted by molar-refractivity contribution is 5.23. The zero-order chi connectivity index (χ0) is 12.9. The zero-order valence-electron chi connectivity index (χ0n) is 11.4. The van der Waals surface area contributed by atoms with E-state index in [0.717, 1.165) is 12.8 Å². The van der Waals surface area contributed by atoms with Gasteiger partial charge in [0, 0.05) is 12.1 Å². The van der Waals surface area contributed by atoms with Gasteiger partial charge in [-0.2, -0.15) is 4.98 Å². The van der Waals surface area contributed by atoms with Gasteiger partial charge in [0.25, 0.3) is 0 Å². The third-order valence-electron chi connectivity index (χ3n) is 2.13. The molecule has 1 unspecified atom stereocenters. The largest absolute Gasteiger partial charge is 0.370 e. The van der Waals surface area contributed by atoms with Crippen LogP contribution in [0.4, 0.5) is 6.01 Å². The first kappa shape index (κ1) is 14.0. The molecule has 0 aromatic carbocycles. The topological polar surface area (TPSA) is 60.2 Å². The summed E-state index contributed by atoms with van der Waals surface area (Å²) < 4.78 is 10.8. The lowest BCUT2D eigenvalue weighted by molar-refractivity contribution is 0.0478. The molecule has 1 rings (SSSR count). The Bertz CT molecular complexity index is 325. The third-order valence-corrected chi connectivity index (χ3v) is 2.13. The summed E-state index contributed by atoms with van der Waals surface area (Å²) in [7, 11) is 0.